The summed E-state index contributed by atoms with van der Waals surface area (Å²) >= 11 is 7.63. The Balaban J connectivity index is 1.39. The number of hydrogen-bond acceptors (Lipinski definition) is 5. The number of ether oxygens (including phenoxy) is 1. The van der Waals surface area contributed by atoms with E-state index in [-0.39, 0.29) is 11.6 Å². The number of halogens is 1. The van der Waals surface area contributed by atoms with Crippen molar-refractivity contribution < 1.29 is 9.15 Å². The standard InChI is InChI=1S/C33H25ClN2O3S/c1-19-7-11-22(34)17-27(19)28-16-14-24(39-28)18-29-32(37)36-31(21-8-12-23(38-2)13-9-21)26-15-10-20-5-3-4-6-25(20)30(26)35-33(36)40-29/h3-9,11-14,16-18,31H,10,15H2,1-2H3/b29-18-/t31-/m0/s1. The summed E-state index contributed by atoms with van der Waals surface area (Å²) in [7, 11) is 1.66. The van der Waals surface area contributed by atoms with E-state index in [0.717, 1.165) is 46.5 Å². The summed E-state index contributed by atoms with van der Waals surface area (Å²) in [5.74, 6) is 2.10. The van der Waals surface area contributed by atoms with Crippen molar-refractivity contribution in [2.45, 2.75) is 25.8 Å². The number of aryl methyl sites for hydroxylation is 2. The van der Waals surface area contributed by atoms with Crippen LogP contribution in [0.15, 0.2) is 98.6 Å². The van der Waals surface area contributed by atoms with Crippen molar-refractivity contribution in [1.82, 2.24) is 4.57 Å². The van der Waals surface area contributed by atoms with Crippen molar-refractivity contribution in [3.8, 4) is 17.1 Å². The Morgan fingerprint density at radius 1 is 1.02 bits per heavy atom. The van der Waals surface area contributed by atoms with Crippen LogP contribution in [0.4, 0.5) is 0 Å². The Kier molecular flexibility index (Phi) is 6.10. The Morgan fingerprint density at radius 3 is 2.67 bits per heavy atom. The van der Waals surface area contributed by atoms with Gasteiger partial charge in [0.15, 0.2) is 4.80 Å². The second-order valence-electron chi connectivity index (χ2n) is 10.0. The Labute approximate surface area is 240 Å². The first kappa shape index (κ1) is 24.9. The molecule has 0 spiro atoms. The lowest BCUT2D eigenvalue weighted by Gasteiger charge is -2.30. The van der Waals surface area contributed by atoms with Crippen molar-refractivity contribution in [2.75, 3.05) is 7.11 Å². The monoisotopic (exact) mass is 564 g/mol. The summed E-state index contributed by atoms with van der Waals surface area (Å²) in [6.07, 6.45) is 3.57. The molecule has 198 valence electrons. The molecule has 2 aromatic heterocycles. The maximum absolute atomic E-state index is 14.0. The Hall–Kier alpha value is -4.13. The van der Waals surface area contributed by atoms with E-state index in [1.807, 2.05) is 72.2 Å². The van der Waals surface area contributed by atoms with Gasteiger partial charge in [-0.1, -0.05) is 65.4 Å². The lowest BCUT2D eigenvalue weighted by molar-refractivity contribution is 0.414. The molecule has 2 aliphatic rings. The third-order valence-corrected chi connectivity index (χ3v) is 8.89. The Morgan fingerprint density at radius 2 is 1.85 bits per heavy atom. The highest BCUT2D eigenvalue weighted by Gasteiger charge is 2.32. The number of allylic oxidation sites excluding steroid dienone is 1. The van der Waals surface area contributed by atoms with Crippen LogP contribution in [0.3, 0.4) is 0 Å². The molecule has 1 aliphatic heterocycles. The van der Waals surface area contributed by atoms with Gasteiger partial charge in [0.05, 0.1) is 23.4 Å². The summed E-state index contributed by atoms with van der Waals surface area (Å²) in [6, 6.07) is 25.7. The van der Waals surface area contributed by atoms with Crippen LogP contribution >= 0.6 is 22.9 Å². The van der Waals surface area contributed by atoms with Gasteiger partial charge in [-0.05, 0) is 78.4 Å². The minimum Gasteiger partial charge on any atom is -0.497 e. The molecule has 1 atom stereocenters. The smallest absolute Gasteiger partial charge is 0.271 e. The van der Waals surface area contributed by atoms with Crippen LogP contribution in [0, 0.1) is 6.92 Å². The molecule has 0 amide bonds. The van der Waals surface area contributed by atoms with Gasteiger partial charge in [-0.15, -0.1) is 0 Å². The minimum absolute atomic E-state index is 0.0770. The van der Waals surface area contributed by atoms with E-state index in [1.165, 1.54) is 22.5 Å². The molecule has 0 bridgehead atoms. The summed E-state index contributed by atoms with van der Waals surface area (Å²) in [6.45, 7) is 2.02. The van der Waals surface area contributed by atoms with Gasteiger partial charge in [-0.2, -0.15) is 0 Å². The molecule has 0 unspecified atom stereocenters. The zero-order valence-electron chi connectivity index (χ0n) is 22.0. The van der Waals surface area contributed by atoms with Gasteiger partial charge in [-0.25, -0.2) is 4.99 Å². The van der Waals surface area contributed by atoms with Crippen LogP contribution in [0.2, 0.25) is 5.02 Å². The highest BCUT2D eigenvalue weighted by atomic mass is 35.5. The van der Waals surface area contributed by atoms with Gasteiger partial charge >= 0.3 is 0 Å². The van der Waals surface area contributed by atoms with Gasteiger partial charge in [-0.3, -0.25) is 9.36 Å². The van der Waals surface area contributed by atoms with Crippen LogP contribution in [0.25, 0.3) is 23.1 Å². The highest BCUT2D eigenvalue weighted by molar-refractivity contribution is 7.07. The van der Waals surface area contributed by atoms with Crippen molar-refractivity contribution in [3.63, 3.8) is 0 Å². The average Bonchev–Trinajstić information content (AvgIpc) is 3.57. The number of methoxy groups -OCH3 is 1. The van der Waals surface area contributed by atoms with E-state index in [1.54, 1.807) is 7.11 Å². The molecule has 1 aliphatic carbocycles. The largest absolute Gasteiger partial charge is 0.497 e. The van der Waals surface area contributed by atoms with Gasteiger partial charge < -0.3 is 9.15 Å². The molecule has 40 heavy (non-hydrogen) atoms. The number of nitrogens with zero attached hydrogens (tertiary/aromatic N) is 2. The quantitative estimate of drug-likeness (QED) is 0.249. The molecular weight excluding hydrogens is 540 g/mol. The molecular formula is C33H25ClN2O3S. The van der Waals surface area contributed by atoms with Crippen molar-refractivity contribution in [2.24, 2.45) is 4.99 Å². The lowest BCUT2D eigenvalue weighted by atomic mass is 9.83. The molecule has 3 heterocycles. The number of aromatic nitrogens is 1. The van der Waals surface area contributed by atoms with Crippen LogP contribution in [0.5, 0.6) is 5.75 Å². The molecule has 5 nitrogen and oxygen atoms in total. The van der Waals surface area contributed by atoms with E-state index in [0.29, 0.717) is 25.9 Å². The number of hydrogen-bond donors (Lipinski definition) is 0. The fraction of sp³-hybridized carbons (Fsp3) is 0.152. The van der Waals surface area contributed by atoms with Crippen LogP contribution in [-0.4, -0.2) is 11.7 Å². The van der Waals surface area contributed by atoms with Crippen molar-refractivity contribution in [3.05, 3.63) is 137 Å². The number of benzene rings is 3. The minimum atomic E-state index is -0.242. The van der Waals surface area contributed by atoms with Crippen LogP contribution < -0.4 is 19.6 Å². The van der Waals surface area contributed by atoms with Crippen molar-refractivity contribution in [1.29, 1.82) is 0 Å². The summed E-state index contributed by atoms with van der Waals surface area (Å²) in [5, 5.41) is 0.649. The van der Waals surface area contributed by atoms with E-state index in [2.05, 4.69) is 24.3 Å². The van der Waals surface area contributed by atoms with Gasteiger partial charge in [0.1, 0.15) is 17.3 Å². The van der Waals surface area contributed by atoms with E-state index >= 15 is 0 Å². The number of rotatable bonds is 4. The molecule has 0 saturated heterocycles. The van der Waals surface area contributed by atoms with Gasteiger partial charge in [0.2, 0.25) is 0 Å². The third-order valence-electron chi connectivity index (χ3n) is 7.67. The second-order valence-corrected chi connectivity index (χ2v) is 11.5. The molecule has 7 heteroatoms. The molecule has 0 N–H and O–H groups in total. The van der Waals surface area contributed by atoms with E-state index in [4.69, 9.17) is 25.7 Å². The lowest BCUT2D eigenvalue weighted by Crippen LogP contribution is -2.38. The molecule has 0 fully saturated rings. The first-order valence-electron chi connectivity index (χ1n) is 13.1. The van der Waals surface area contributed by atoms with Crippen LogP contribution in [-0.2, 0) is 6.42 Å². The fourth-order valence-corrected chi connectivity index (χ4v) is 6.83. The normalized spacial score (nSPS) is 16.3. The zero-order valence-corrected chi connectivity index (χ0v) is 23.6. The predicted molar refractivity (Wildman–Crippen MR) is 160 cm³/mol. The van der Waals surface area contributed by atoms with Crippen LogP contribution in [0.1, 0.15) is 40.5 Å². The number of furan rings is 1. The number of fused-ring (bicyclic) bond motifs is 3. The topological polar surface area (TPSA) is 56.7 Å². The predicted octanol–water partition coefficient (Wildman–Crippen LogP) is 6.55. The average molecular weight is 565 g/mol. The fourth-order valence-electron chi connectivity index (χ4n) is 5.67. The molecule has 5 aromatic rings. The maximum atomic E-state index is 14.0. The molecule has 3 aromatic carbocycles. The van der Waals surface area contributed by atoms with E-state index in [9.17, 15) is 4.79 Å². The molecule has 0 saturated carbocycles. The zero-order chi connectivity index (χ0) is 27.4. The third kappa shape index (κ3) is 4.15. The SMILES string of the molecule is COc1ccc([C@H]2C3=C(N=c4s/c(=C\c5ccc(-c6cc(Cl)ccc6C)o5)c(=O)n42)c2ccccc2CC3)cc1. The van der Waals surface area contributed by atoms with Gasteiger partial charge in [0.25, 0.3) is 5.56 Å². The highest BCUT2D eigenvalue weighted by Crippen LogP contribution is 2.41. The maximum Gasteiger partial charge on any atom is 0.271 e. The summed E-state index contributed by atoms with van der Waals surface area (Å²) in [4.78, 5) is 19.8. The van der Waals surface area contributed by atoms with Gasteiger partial charge in [0, 0.05) is 22.2 Å². The summed E-state index contributed by atoms with van der Waals surface area (Å²) in [5.41, 5.74) is 7.53. The molecule has 7 rings (SSSR count). The summed E-state index contributed by atoms with van der Waals surface area (Å²) < 4.78 is 14.0. The Bertz CT molecular complexity index is 2000. The van der Waals surface area contributed by atoms with Crippen molar-refractivity contribution >= 4 is 34.7 Å². The number of thiazole rings is 1. The van der Waals surface area contributed by atoms with E-state index < -0.39 is 0 Å². The molecule has 0 radical (unpaired) electrons. The first-order valence-corrected chi connectivity index (χ1v) is 14.3. The second kappa shape index (κ2) is 9.81. The first-order chi connectivity index (χ1) is 19.5.